The average Bonchev–Trinajstić information content (AvgIpc) is 2.26. The Bertz CT molecular complexity index is 317. The third kappa shape index (κ3) is 3.04. The molecule has 0 atom stereocenters. The van der Waals surface area contributed by atoms with Crippen molar-refractivity contribution < 1.29 is 0 Å². The normalized spacial score (nSPS) is 10.1. The van der Waals surface area contributed by atoms with E-state index in [1.807, 2.05) is 7.05 Å². The minimum atomic E-state index is 0.600. The second-order valence-corrected chi connectivity index (χ2v) is 4.07. The van der Waals surface area contributed by atoms with Gasteiger partial charge in [0.2, 0.25) is 0 Å². The summed E-state index contributed by atoms with van der Waals surface area (Å²) in [6.07, 6.45) is 3.80. The molecule has 1 rings (SSSR count). The van der Waals surface area contributed by atoms with Crippen molar-refractivity contribution in [3.05, 3.63) is 10.8 Å². The summed E-state index contributed by atoms with van der Waals surface area (Å²) in [6.45, 7) is 3.13. The summed E-state index contributed by atoms with van der Waals surface area (Å²) in [5.74, 6) is 6.78. The number of unbranched alkanes of at least 4 members (excludes halogenated alkanes) is 1. The first-order valence-corrected chi connectivity index (χ1v) is 5.68. The van der Waals surface area contributed by atoms with E-state index in [1.54, 1.807) is 0 Å². The van der Waals surface area contributed by atoms with Gasteiger partial charge < -0.3 is 10.3 Å². The summed E-state index contributed by atoms with van der Waals surface area (Å²) < 4.78 is 0.797. The molecule has 1 heterocycles. The fraction of sp³-hybridized carbons (Fsp3) is 0.556. The zero-order valence-corrected chi connectivity index (χ0v) is 10.6. The van der Waals surface area contributed by atoms with Gasteiger partial charge in [-0.3, -0.25) is 0 Å². The highest BCUT2D eigenvalue weighted by Crippen LogP contribution is 2.28. The van der Waals surface area contributed by atoms with Crippen LogP contribution in [0.5, 0.6) is 0 Å². The molecule has 0 bridgehead atoms. The molecular weight excluding hydrogens is 258 g/mol. The lowest BCUT2D eigenvalue weighted by molar-refractivity contribution is 0.757. The van der Waals surface area contributed by atoms with Crippen molar-refractivity contribution in [2.75, 3.05) is 23.9 Å². The number of nitrogens with one attached hydrogen (secondary N) is 1. The van der Waals surface area contributed by atoms with Crippen LogP contribution in [0, 0.1) is 0 Å². The molecule has 84 valence electrons. The van der Waals surface area contributed by atoms with Crippen LogP contribution in [0.2, 0.25) is 0 Å². The number of nitrogens with two attached hydrogens (primary N) is 1. The summed E-state index contributed by atoms with van der Waals surface area (Å²) in [5.41, 5.74) is 2.52. The van der Waals surface area contributed by atoms with Crippen molar-refractivity contribution >= 4 is 27.6 Å². The van der Waals surface area contributed by atoms with Gasteiger partial charge in [-0.25, -0.2) is 15.8 Å². The summed E-state index contributed by atoms with van der Waals surface area (Å²) in [7, 11) is 2.00. The minimum absolute atomic E-state index is 0.600. The largest absolute Gasteiger partial charge is 0.359 e. The third-order valence-electron chi connectivity index (χ3n) is 2.12. The van der Waals surface area contributed by atoms with E-state index in [0.29, 0.717) is 5.82 Å². The van der Waals surface area contributed by atoms with E-state index in [1.165, 1.54) is 6.33 Å². The summed E-state index contributed by atoms with van der Waals surface area (Å²) in [5, 5.41) is 0. The maximum Gasteiger partial charge on any atom is 0.159 e. The first kappa shape index (κ1) is 12.2. The number of hydrogen-bond donors (Lipinski definition) is 2. The molecule has 0 spiro atoms. The number of anilines is 2. The van der Waals surface area contributed by atoms with Gasteiger partial charge in [-0.05, 0) is 22.4 Å². The van der Waals surface area contributed by atoms with E-state index in [0.717, 1.165) is 29.7 Å². The molecule has 0 saturated heterocycles. The fourth-order valence-electron chi connectivity index (χ4n) is 1.23. The summed E-state index contributed by atoms with van der Waals surface area (Å²) >= 11 is 3.42. The van der Waals surface area contributed by atoms with Crippen LogP contribution in [0.15, 0.2) is 10.8 Å². The Morgan fingerprint density at radius 3 is 2.87 bits per heavy atom. The van der Waals surface area contributed by atoms with E-state index in [4.69, 9.17) is 5.84 Å². The molecule has 0 radical (unpaired) electrons. The molecule has 6 heteroatoms. The van der Waals surface area contributed by atoms with E-state index in [2.05, 4.69) is 43.1 Å². The standard InChI is InChI=1S/C9H16BrN5/c1-3-4-5-15(2)9-7(10)8(14-11)12-6-13-9/h6H,3-5,11H2,1-2H3,(H,12,13,14). The average molecular weight is 274 g/mol. The van der Waals surface area contributed by atoms with E-state index >= 15 is 0 Å². The highest BCUT2D eigenvalue weighted by atomic mass is 79.9. The van der Waals surface area contributed by atoms with Crippen molar-refractivity contribution in [3.63, 3.8) is 0 Å². The minimum Gasteiger partial charge on any atom is -0.359 e. The molecule has 0 amide bonds. The Balaban J connectivity index is 2.83. The van der Waals surface area contributed by atoms with Crippen molar-refractivity contribution in [2.24, 2.45) is 5.84 Å². The van der Waals surface area contributed by atoms with Crippen molar-refractivity contribution in [1.82, 2.24) is 9.97 Å². The van der Waals surface area contributed by atoms with Crippen LogP contribution >= 0.6 is 15.9 Å². The zero-order chi connectivity index (χ0) is 11.3. The number of aromatic nitrogens is 2. The smallest absolute Gasteiger partial charge is 0.159 e. The Hall–Kier alpha value is -0.880. The van der Waals surface area contributed by atoms with Gasteiger partial charge in [-0.15, -0.1) is 0 Å². The van der Waals surface area contributed by atoms with E-state index in [9.17, 15) is 0 Å². The topological polar surface area (TPSA) is 67.1 Å². The van der Waals surface area contributed by atoms with Crippen LogP contribution in [0.1, 0.15) is 19.8 Å². The molecular formula is C9H16BrN5. The lowest BCUT2D eigenvalue weighted by Gasteiger charge is -2.19. The van der Waals surface area contributed by atoms with Gasteiger partial charge in [-0.2, -0.15) is 0 Å². The van der Waals surface area contributed by atoms with Gasteiger partial charge in [0.05, 0.1) is 0 Å². The Labute approximate surface area is 98.2 Å². The van der Waals surface area contributed by atoms with Crippen LogP contribution in [-0.4, -0.2) is 23.6 Å². The lowest BCUT2D eigenvalue weighted by Crippen LogP contribution is -2.21. The number of hydrazine groups is 1. The van der Waals surface area contributed by atoms with Crippen molar-refractivity contribution in [1.29, 1.82) is 0 Å². The second-order valence-electron chi connectivity index (χ2n) is 3.28. The van der Waals surface area contributed by atoms with Crippen LogP contribution < -0.4 is 16.2 Å². The number of nitrogen functional groups attached to an aromatic ring is 1. The highest BCUT2D eigenvalue weighted by molar-refractivity contribution is 9.10. The molecule has 15 heavy (non-hydrogen) atoms. The molecule has 0 aliphatic rings. The second kappa shape index (κ2) is 5.87. The van der Waals surface area contributed by atoms with Gasteiger partial charge in [0.1, 0.15) is 16.6 Å². The monoisotopic (exact) mass is 273 g/mol. The maximum absolute atomic E-state index is 5.33. The number of rotatable bonds is 5. The first-order valence-electron chi connectivity index (χ1n) is 4.89. The van der Waals surface area contributed by atoms with Gasteiger partial charge in [0.25, 0.3) is 0 Å². The first-order chi connectivity index (χ1) is 7.20. The summed E-state index contributed by atoms with van der Waals surface area (Å²) in [6, 6.07) is 0. The number of hydrogen-bond acceptors (Lipinski definition) is 5. The Morgan fingerprint density at radius 1 is 1.53 bits per heavy atom. The molecule has 3 N–H and O–H groups in total. The fourth-order valence-corrected chi connectivity index (χ4v) is 1.85. The molecule has 0 fully saturated rings. The molecule has 1 aromatic rings. The van der Waals surface area contributed by atoms with Gasteiger partial charge in [-0.1, -0.05) is 13.3 Å². The molecule has 0 aliphatic carbocycles. The molecule has 1 aromatic heterocycles. The van der Waals surface area contributed by atoms with Crippen LogP contribution in [0.25, 0.3) is 0 Å². The van der Waals surface area contributed by atoms with Crippen LogP contribution in [0.4, 0.5) is 11.6 Å². The van der Waals surface area contributed by atoms with E-state index < -0.39 is 0 Å². The predicted octanol–water partition coefficient (Wildman–Crippen LogP) is 1.76. The number of nitrogens with zero attached hydrogens (tertiary/aromatic N) is 3. The Morgan fingerprint density at radius 2 is 2.27 bits per heavy atom. The SMILES string of the molecule is CCCCN(C)c1ncnc(NN)c1Br. The van der Waals surface area contributed by atoms with Crippen molar-refractivity contribution in [3.8, 4) is 0 Å². The zero-order valence-electron chi connectivity index (χ0n) is 9.00. The predicted molar refractivity (Wildman–Crippen MR) is 65.7 cm³/mol. The molecule has 5 nitrogen and oxygen atoms in total. The Kier molecular flexibility index (Phi) is 4.77. The summed E-state index contributed by atoms with van der Waals surface area (Å²) in [4.78, 5) is 10.3. The molecule has 0 aromatic carbocycles. The van der Waals surface area contributed by atoms with Crippen molar-refractivity contribution in [2.45, 2.75) is 19.8 Å². The van der Waals surface area contributed by atoms with Crippen LogP contribution in [-0.2, 0) is 0 Å². The van der Waals surface area contributed by atoms with E-state index in [-0.39, 0.29) is 0 Å². The lowest BCUT2D eigenvalue weighted by atomic mass is 10.3. The molecule has 0 aliphatic heterocycles. The molecule has 0 unspecified atom stereocenters. The third-order valence-corrected chi connectivity index (χ3v) is 2.85. The maximum atomic E-state index is 5.33. The van der Waals surface area contributed by atoms with Gasteiger partial charge >= 0.3 is 0 Å². The molecule has 0 saturated carbocycles. The quantitative estimate of drug-likeness (QED) is 0.632. The number of halogens is 1. The van der Waals surface area contributed by atoms with Crippen LogP contribution in [0.3, 0.4) is 0 Å². The van der Waals surface area contributed by atoms with Gasteiger partial charge in [0.15, 0.2) is 5.82 Å². The van der Waals surface area contributed by atoms with Gasteiger partial charge in [0, 0.05) is 13.6 Å². The highest BCUT2D eigenvalue weighted by Gasteiger charge is 2.10.